The molecule has 0 aliphatic heterocycles. The lowest BCUT2D eigenvalue weighted by Gasteiger charge is -2.16. The van der Waals surface area contributed by atoms with E-state index in [0.717, 1.165) is 31.3 Å². The van der Waals surface area contributed by atoms with Crippen LogP contribution in [0.5, 0.6) is 0 Å². The molecular formula is C24H37IN4O2. The molecule has 0 aliphatic rings. The third kappa shape index (κ3) is 11.9. The first-order valence-electron chi connectivity index (χ1n) is 10.7. The smallest absolute Gasteiger partial charge is 0.191 e. The van der Waals surface area contributed by atoms with Crippen LogP contribution in [-0.4, -0.2) is 45.9 Å². The van der Waals surface area contributed by atoms with Gasteiger partial charge in [-0.3, -0.25) is 0 Å². The van der Waals surface area contributed by atoms with Gasteiger partial charge in [-0.1, -0.05) is 49.4 Å². The zero-order chi connectivity index (χ0) is 21.4. The number of hydrogen-bond donors (Lipinski definition) is 3. The molecule has 0 aliphatic carbocycles. The van der Waals surface area contributed by atoms with Gasteiger partial charge >= 0.3 is 0 Å². The summed E-state index contributed by atoms with van der Waals surface area (Å²) in [5.41, 5.74) is 3.46. The van der Waals surface area contributed by atoms with Crippen LogP contribution in [0.3, 0.4) is 0 Å². The van der Waals surface area contributed by atoms with E-state index in [1.165, 1.54) is 11.1 Å². The van der Waals surface area contributed by atoms with E-state index in [0.29, 0.717) is 32.3 Å². The zero-order valence-corrected chi connectivity index (χ0v) is 21.2. The molecule has 172 valence electrons. The van der Waals surface area contributed by atoms with Crippen molar-refractivity contribution in [1.29, 1.82) is 0 Å². The average Bonchev–Trinajstić information content (AvgIpc) is 2.77. The fraction of sp³-hybridized carbons (Fsp3) is 0.458. The molecule has 2 rings (SSSR count). The number of guanidine groups is 1. The number of anilines is 1. The van der Waals surface area contributed by atoms with Crippen LogP contribution < -0.4 is 16.0 Å². The van der Waals surface area contributed by atoms with Crippen LogP contribution in [0.1, 0.15) is 25.0 Å². The summed E-state index contributed by atoms with van der Waals surface area (Å²) in [6, 6.07) is 18.6. The number of nitrogens with zero attached hydrogens (tertiary/aromatic N) is 1. The van der Waals surface area contributed by atoms with Crippen LogP contribution >= 0.6 is 24.0 Å². The summed E-state index contributed by atoms with van der Waals surface area (Å²) >= 11 is 0. The molecule has 0 spiro atoms. The highest BCUT2D eigenvalue weighted by Crippen LogP contribution is 2.10. The molecule has 0 amide bonds. The molecule has 2 aromatic rings. The molecule has 0 saturated carbocycles. The largest absolute Gasteiger partial charge is 0.383 e. The Kier molecular flexibility index (Phi) is 14.7. The number of hydrogen-bond acceptors (Lipinski definition) is 4. The molecule has 3 N–H and O–H groups in total. The van der Waals surface area contributed by atoms with Crippen molar-refractivity contribution in [1.82, 2.24) is 10.6 Å². The predicted molar refractivity (Wildman–Crippen MR) is 140 cm³/mol. The maximum absolute atomic E-state index is 5.84. The van der Waals surface area contributed by atoms with Crippen LogP contribution in [0.4, 0.5) is 5.69 Å². The number of aliphatic imine (C=N–C) groups is 1. The Morgan fingerprint density at radius 3 is 2.42 bits per heavy atom. The second-order valence-electron chi connectivity index (χ2n) is 7.30. The maximum Gasteiger partial charge on any atom is 0.191 e. The van der Waals surface area contributed by atoms with Gasteiger partial charge in [-0.05, 0) is 36.1 Å². The predicted octanol–water partition coefficient (Wildman–Crippen LogP) is 4.27. The van der Waals surface area contributed by atoms with Crippen molar-refractivity contribution in [3.8, 4) is 0 Å². The van der Waals surface area contributed by atoms with Crippen LogP contribution in [-0.2, 0) is 22.6 Å². The fourth-order valence-electron chi connectivity index (χ4n) is 2.82. The van der Waals surface area contributed by atoms with Crippen molar-refractivity contribution in [3.05, 3.63) is 65.7 Å². The second kappa shape index (κ2) is 16.8. The molecule has 0 saturated heterocycles. The Labute approximate surface area is 204 Å². The van der Waals surface area contributed by atoms with Gasteiger partial charge in [0.2, 0.25) is 0 Å². The molecule has 7 heteroatoms. The Morgan fingerprint density at radius 1 is 1.00 bits per heavy atom. The van der Waals surface area contributed by atoms with E-state index in [1.807, 2.05) is 18.2 Å². The van der Waals surface area contributed by atoms with Crippen LogP contribution in [0.25, 0.3) is 0 Å². The van der Waals surface area contributed by atoms with E-state index >= 15 is 0 Å². The second-order valence-corrected chi connectivity index (χ2v) is 7.30. The molecule has 0 radical (unpaired) electrons. The zero-order valence-electron chi connectivity index (χ0n) is 18.9. The summed E-state index contributed by atoms with van der Waals surface area (Å²) in [7, 11) is 1.71. The first kappa shape index (κ1) is 27.2. The molecule has 1 unspecified atom stereocenters. The Bertz CT molecular complexity index is 726. The quantitative estimate of drug-likeness (QED) is 0.153. The van der Waals surface area contributed by atoms with Gasteiger partial charge in [0.1, 0.15) is 0 Å². The summed E-state index contributed by atoms with van der Waals surface area (Å²) in [6.07, 6.45) is 0. The van der Waals surface area contributed by atoms with E-state index in [9.17, 15) is 0 Å². The SMILES string of the molecule is CCNC(=NCc1ccc(NCCOC)cc1)NCC(C)COCc1ccccc1.I. The van der Waals surface area contributed by atoms with E-state index in [4.69, 9.17) is 14.5 Å². The number of benzene rings is 2. The fourth-order valence-corrected chi connectivity index (χ4v) is 2.82. The van der Waals surface area contributed by atoms with Gasteiger partial charge in [0.15, 0.2) is 5.96 Å². The van der Waals surface area contributed by atoms with Gasteiger partial charge < -0.3 is 25.4 Å². The molecule has 2 aromatic carbocycles. The Morgan fingerprint density at radius 2 is 1.74 bits per heavy atom. The van der Waals surface area contributed by atoms with Crippen molar-refractivity contribution in [3.63, 3.8) is 0 Å². The number of rotatable bonds is 13. The Hall–Kier alpha value is -1.84. The molecule has 31 heavy (non-hydrogen) atoms. The van der Waals surface area contributed by atoms with Gasteiger partial charge in [0.25, 0.3) is 0 Å². The molecule has 0 fully saturated rings. The normalized spacial score (nSPS) is 12.0. The van der Waals surface area contributed by atoms with Crippen molar-refractivity contribution >= 4 is 35.6 Å². The monoisotopic (exact) mass is 540 g/mol. The number of nitrogens with one attached hydrogen (secondary N) is 3. The molecule has 0 aromatic heterocycles. The van der Waals surface area contributed by atoms with E-state index in [2.05, 4.69) is 66.2 Å². The minimum absolute atomic E-state index is 0. The van der Waals surface area contributed by atoms with Crippen molar-refractivity contribution in [2.24, 2.45) is 10.9 Å². The molecule has 0 heterocycles. The van der Waals surface area contributed by atoms with Gasteiger partial charge in [0, 0.05) is 32.4 Å². The highest BCUT2D eigenvalue weighted by Gasteiger charge is 2.05. The van der Waals surface area contributed by atoms with Gasteiger partial charge in [-0.2, -0.15) is 0 Å². The van der Waals surface area contributed by atoms with Crippen molar-refractivity contribution in [2.75, 3.05) is 45.3 Å². The molecule has 6 nitrogen and oxygen atoms in total. The number of halogens is 1. The third-order valence-electron chi connectivity index (χ3n) is 4.49. The third-order valence-corrected chi connectivity index (χ3v) is 4.49. The first-order chi connectivity index (χ1) is 14.7. The first-order valence-corrected chi connectivity index (χ1v) is 10.7. The standard InChI is InChI=1S/C24H36N4O2.HI/c1-4-25-24(27-16-20(2)18-30-19-22-8-6-5-7-9-22)28-17-21-10-12-23(13-11-21)26-14-15-29-3;/h5-13,20,26H,4,14-19H2,1-3H3,(H2,25,27,28);1H. The van der Waals surface area contributed by atoms with E-state index in [-0.39, 0.29) is 24.0 Å². The summed E-state index contributed by atoms with van der Waals surface area (Å²) in [5, 5.41) is 10.0. The lowest BCUT2D eigenvalue weighted by Crippen LogP contribution is -2.40. The molecule has 1 atom stereocenters. The van der Waals surface area contributed by atoms with Crippen LogP contribution in [0.2, 0.25) is 0 Å². The average molecular weight is 540 g/mol. The number of methoxy groups -OCH3 is 1. The summed E-state index contributed by atoms with van der Waals surface area (Å²) in [4.78, 5) is 4.70. The van der Waals surface area contributed by atoms with E-state index < -0.39 is 0 Å². The van der Waals surface area contributed by atoms with Crippen LogP contribution in [0.15, 0.2) is 59.6 Å². The van der Waals surface area contributed by atoms with Gasteiger partial charge in [0.05, 0.1) is 26.4 Å². The van der Waals surface area contributed by atoms with Crippen molar-refractivity contribution < 1.29 is 9.47 Å². The maximum atomic E-state index is 5.84. The highest BCUT2D eigenvalue weighted by molar-refractivity contribution is 14.0. The topological polar surface area (TPSA) is 66.9 Å². The Balaban J connectivity index is 0.00000480. The molecule has 0 bridgehead atoms. The van der Waals surface area contributed by atoms with Gasteiger partial charge in [-0.25, -0.2) is 4.99 Å². The summed E-state index contributed by atoms with van der Waals surface area (Å²) in [5.74, 6) is 1.21. The highest BCUT2D eigenvalue weighted by atomic mass is 127. The summed E-state index contributed by atoms with van der Waals surface area (Å²) in [6.45, 7) is 9.37. The lowest BCUT2D eigenvalue weighted by atomic mass is 10.2. The number of ether oxygens (including phenoxy) is 2. The van der Waals surface area contributed by atoms with E-state index in [1.54, 1.807) is 7.11 Å². The molecular weight excluding hydrogens is 503 g/mol. The minimum atomic E-state index is 0. The minimum Gasteiger partial charge on any atom is -0.383 e. The van der Waals surface area contributed by atoms with Crippen molar-refractivity contribution in [2.45, 2.75) is 27.0 Å². The van der Waals surface area contributed by atoms with Gasteiger partial charge in [-0.15, -0.1) is 24.0 Å². The summed E-state index contributed by atoms with van der Waals surface area (Å²) < 4.78 is 10.9. The van der Waals surface area contributed by atoms with Crippen LogP contribution in [0, 0.1) is 5.92 Å². The lowest BCUT2D eigenvalue weighted by molar-refractivity contribution is 0.0931.